The van der Waals surface area contributed by atoms with E-state index in [-0.39, 0.29) is 11.9 Å². The number of para-hydroxylation sites is 4. The lowest BCUT2D eigenvalue weighted by atomic mass is 10.00. The second-order valence-corrected chi connectivity index (χ2v) is 25.5. The number of nitrogens with zero attached hydrogens (tertiary/aromatic N) is 5. The van der Waals surface area contributed by atoms with Crippen molar-refractivity contribution >= 4 is 101 Å². The second-order valence-electron chi connectivity index (χ2n) is 18.4. The molecule has 0 radical (unpaired) electrons. The van der Waals surface area contributed by atoms with Gasteiger partial charge in [-0.25, -0.2) is 0 Å². The Morgan fingerprint density at radius 3 is 0.987 bits per heavy atom. The Morgan fingerprint density at radius 2 is 0.641 bits per heavy atom. The van der Waals surface area contributed by atoms with Crippen molar-refractivity contribution in [3.63, 3.8) is 0 Å². The maximum Gasteiger partial charge on any atom is 0.240 e. The smallest absolute Gasteiger partial charge is 0.240 e. The van der Waals surface area contributed by atoms with Crippen LogP contribution in [0.1, 0.15) is 52.2 Å². The van der Waals surface area contributed by atoms with E-state index in [1.807, 2.05) is 60.7 Å². The third-order valence-corrected chi connectivity index (χ3v) is 22.8. The minimum atomic E-state index is -6.61. The summed E-state index contributed by atoms with van der Waals surface area (Å²) < 4.78 is 294. The standard InChI is InChI=1S/C71H51N5Si2/c1-7-27-53(28-8-1)77(54-29-9-2-10-30-54,55-31-11-3-12-32-55)59-47-52(48-60(49-59)78(56-33-13-4-14-34-56,57-35-15-5-16-36-57)58-37-17-6-18-38-58)69-72-70-74-71(73-69)76-66-44-22-20-40-62(66)64-42-24-26-51(68(64)76)46-45-50-25-23-41-63-61-39-19-21-43-65(61)75(70)67(50)63/h1-44,47-49H,45-46H2/i1D,2D,3D,4D,5D,6D,7D,8D,9D,10D,11D,12D,13D,14D,15D,16D,17D,18D,27D,28D,29D,30D,31D,32D,33D,34D,35D,36D,37D,38D. The predicted molar refractivity (Wildman–Crippen MR) is 329 cm³/mol. The molecule has 15 rings (SSSR count). The van der Waals surface area contributed by atoms with E-state index in [9.17, 15) is 32.9 Å². The average Bonchev–Trinajstić information content (AvgIpc) is 0.746. The molecule has 0 spiro atoms. The van der Waals surface area contributed by atoms with Crippen LogP contribution in [0.15, 0.2) is 284 Å². The zero-order chi connectivity index (χ0) is 77.7. The molecule has 3 aromatic heterocycles. The van der Waals surface area contributed by atoms with Gasteiger partial charge in [-0.2, -0.15) is 15.0 Å². The van der Waals surface area contributed by atoms with Crippen LogP contribution in [0.2, 0.25) is 0 Å². The lowest BCUT2D eigenvalue weighted by molar-refractivity contribution is 0.892. The molecule has 14 aromatic rings. The summed E-state index contributed by atoms with van der Waals surface area (Å²) in [6.45, 7) is 0. The topological polar surface area (TPSA) is 48.5 Å². The molecule has 4 heterocycles. The summed E-state index contributed by atoms with van der Waals surface area (Å²) in [5.74, 6) is -0.898. The van der Waals surface area contributed by atoms with Gasteiger partial charge in [-0.3, -0.25) is 9.13 Å². The molecular weight excluding hydrogens is 979 g/mol. The van der Waals surface area contributed by atoms with E-state index in [0.29, 0.717) is 45.7 Å². The fourth-order valence-electron chi connectivity index (χ4n) is 11.4. The van der Waals surface area contributed by atoms with E-state index < -0.39 is 250 Å². The van der Waals surface area contributed by atoms with Crippen molar-refractivity contribution < 1.29 is 41.1 Å². The first-order valence-electron chi connectivity index (χ1n) is 39.5. The highest BCUT2D eigenvalue weighted by Gasteiger charge is 2.46. The Balaban J connectivity index is 1.32. The SMILES string of the molecule is [2H]c1c([2H])c([2H])c([Si](c2cc(-c3nc4nc(n3)-n3c5ccccc5c5cccc(c53)CCc3cccc5c6ccccc6n-4c35)cc([Si](c3c([2H])c([2H])c([2H])c([2H])c3[2H])(c3c([2H])c([2H])c([2H])c([2H])c3[2H])c3c([2H])c([2H])c([2H])c([2H])c3[2H])c2)(c2c([2H])c([2H])c([2H])c([2H])c2[2H])c2c([2H])c([2H])c([2H])c([2H])c2[2H])c([2H])c1[2H]. The molecule has 0 amide bonds. The highest BCUT2D eigenvalue weighted by molar-refractivity contribution is 7.22. The normalized spacial score (nSPS) is 17.9. The van der Waals surface area contributed by atoms with E-state index in [4.69, 9.17) is 23.2 Å². The van der Waals surface area contributed by atoms with Gasteiger partial charge < -0.3 is 0 Å². The van der Waals surface area contributed by atoms with Crippen molar-refractivity contribution in [2.24, 2.45) is 0 Å². The van der Waals surface area contributed by atoms with E-state index in [2.05, 4.69) is 0 Å². The quantitative estimate of drug-likeness (QED) is 0.107. The Labute approximate surface area is 497 Å². The summed E-state index contributed by atoms with van der Waals surface area (Å²) in [6.07, 6.45) is 0.819. The van der Waals surface area contributed by atoms with Crippen molar-refractivity contribution in [2.75, 3.05) is 0 Å². The number of hydrogen-bond acceptors (Lipinski definition) is 3. The minimum Gasteiger partial charge on any atom is -0.277 e. The highest BCUT2D eigenvalue weighted by Crippen LogP contribution is 2.38. The molecule has 1 aliphatic rings. The van der Waals surface area contributed by atoms with Gasteiger partial charge >= 0.3 is 0 Å². The van der Waals surface area contributed by atoms with Crippen LogP contribution in [0.25, 0.3) is 66.9 Å². The zero-order valence-corrected chi connectivity index (χ0v) is 42.5. The summed E-state index contributed by atoms with van der Waals surface area (Å²) in [7, 11) is -13.2. The van der Waals surface area contributed by atoms with Gasteiger partial charge in [0.1, 0.15) is 0 Å². The number of aromatic nitrogens is 5. The van der Waals surface area contributed by atoms with Crippen LogP contribution in [0.5, 0.6) is 0 Å². The van der Waals surface area contributed by atoms with Crippen molar-refractivity contribution in [1.29, 1.82) is 0 Å². The molecule has 0 fully saturated rings. The summed E-state index contributed by atoms with van der Waals surface area (Å²) >= 11 is 0. The number of aryl methyl sites for hydroxylation is 2. The second kappa shape index (κ2) is 18.6. The van der Waals surface area contributed by atoms with Crippen LogP contribution in [0.3, 0.4) is 0 Å². The van der Waals surface area contributed by atoms with Crippen LogP contribution in [-0.2, 0) is 12.8 Å². The first-order chi connectivity index (χ1) is 51.1. The van der Waals surface area contributed by atoms with Gasteiger partial charge in [0.15, 0.2) is 22.0 Å². The molecule has 7 heteroatoms. The summed E-state index contributed by atoms with van der Waals surface area (Å²) in [4.78, 5) is 16.0. The molecule has 0 atom stereocenters. The Kier molecular flexibility index (Phi) is 5.89. The van der Waals surface area contributed by atoms with Crippen molar-refractivity contribution in [1.82, 2.24) is 24.1 Å². The van der Waals surface area contributed by atoms with E-state index in [0.717, 1.165) is 40.1 Å². The molecule has 0 aliphatic carbocycles. The largest absolute Gasteiger partial charge is 0.277 e. The molecule has 5 nitrogen and oxygen atoms in total. The molecule has 0 saturated carbocycles. The minimum absolute atomic E-state index is 0.179. The van der Waals surface area contributed by atoms with Crippen LogP contribution in [-0.4, -0.2) is 40.2 Å². The zero-order valence-electron chi connectivity index (χ0n) is 70.5. The van der Waals surface area contributed by atoms with Crippen LogP contribution < -0.4 is 41.5 Å². The number of hydrogen-bond donors (Lipinski definition) is 0. The Hall–Kier alpha value is -9.54. The number of rotatable bonds is 9. The molecule has 2 bridgehead atoms. The molecule has 11 aromatic carbocycles. The predicted octanol–water partition coefficient (Wildman–Crippen LogP) is 10.6. The number of fused-ring (bicyclic) bond motifs is 10. The van der Waals surface area contributed by atoms with E-state index in [1.165, 1.54) is 0 Å². The molecule has 0 N–H and O–H groups in total. The van der Waals surface area contributed by atoms with Gasteiger partial charge in [0.25, 0.3) is 0 Å². The molecule has 1 aliphatic heterocycles. The third-order valence-electron chi connectivity index (χ3n) is 14.5. The summed E-state index contributed by atoms with van der Waals surface area (Å²) in [5, 5.41) is -5.28. The molecule has 368 valence electrons. The lowest BCUT2D eigenvalue weighted by Crippen LogP contribution is -2.78. The monoisotopic (exact) mass is 1060 g/mol. The van der Waals surface area contributed by atoms with Gasteiger partial charge in [0, 0.05) is 27.1 Å². The van der Waals surface area contributed by atoms with Gasteiger partial charge in [-0.15, -0.1) is 0 Å². The van der Waals surface area contributed by atoms with Crippen molar-refractivity contribution in [3.8, 4) is 23.3 Å². The number of benzene rings is 11. The Bertz CT molecular complexity index is 5550. The molecule has 0 unspecified atom stereocenters. The van der Waals surface area contributed by atoms with Gasteiger partial charge in [-0.05, 0) is 77.6 Å². The van der Waals surface area contributed by atoms with Gasteiger partial charge in [0.2, 0.25) is 11.9 Å². The van der Waals surface area contributed by atoms with Crippen LogP contribution in [0.4, 0.5) is 0 Å². The first-order valence-corrected chi connectivity index (χ1v) is 28.5. The first kappa shape index (κ1) is 24.6. The van der Waals surface area contributed by atoms with Gasteiger partial charge in [0.05, 0.1) is 63.2 Å². The van der Waals surface area contributed by atoms with Gasteiger partial charge in [-0.1, -0.05) is 272 Å². The van der Waals surface area contributed by atoms with Crippen LogP contribution in [0, 0.1) is 0 Å². The summed E-state index contributed by atoms with van der Waals surface area (Å²) in [5.41, 5.74) is 3.25. The highest BCUT2D eigenvalue weighted by atomic mass is 28.3. The van der Waals surface area contributed by atoms with Crippen molar-refractivity contribution in [3.05, 3.63) is 296 Å². The van der Waals surface area contributed by atoms with Crippen LogP contribution >= 0.6 is 0 Å². The van der Waals surface area contributed by atoms with Crippen molar-refractivity contribution in [2.45, 2.75) is 12.8 Å². The lowest BCUT2D eigenvalue weighted by Gasteiger charge is -2.38. The summed E-state index contributed by atoms with van der Waals surface area (Å²) in [6, 6.07) is -6.93. The maximum absolute atomic E-state index is 10.2. The molecule has 78 heavy (non-hydrogen) atoms. The van der Waals surface area contributed by atoms with E-state index >= 15 is 0 Å². The maximum atomic E-state index is 10.2. The molecular formula is C71H51N5Si2. The molecule has 0 saturated heterocycles. The fourth-order valence-corrected chi connectivity index (χ4v) is 19.2. The third kappa shape index (κ3) is 7.02. The van der Waals surface area contributed by atoms with E-state index in [1.54, 1.807) is 33.4 Å². The Morgan fingerprint density at radius 1 is 0.321 bits per heavy atom. The fraction of sp³-hybridized carbons (Fsp3) is 0.0282. The average molecular weight is 1060 g/mol.